The highest BCUT2D eigenvalue weighted by molar-refractivity contribution is 5.97. The Labute approximate surface area is 170 Å². The van der Waals surface area contributed by atoms with Gasteiger partial charge in [0, 0.05) is 25.2 Å². The number of aromatic nitrogens is 2. The maximum absolute atomic E-state index is 13.4. The summed E-state index contributed by atoms with van der Waals surface area (Å²) < 4.78 is 1.65. The minimum Gasteiger partial charge on any atom is -0.352 e. The van der Waals surface area contributed by atoms with Crippen LogP contribution in [0.25, 0.3) is 16.6 Å². The summed E-state index contributed by atoms with van der Waals surface area (Å²) in [4.78, 5) is 32.7. The molecule has 0 atom stereocenters. The Morgan fingerprint density at radius 1 is 1.14 bits per heavy atom. The fourth-order valence-corrected chi connectivity index (χ4v) is 3.50. The van der Waals surface area contributed by atoms with E-state index in [1.165, 1.54) is 12.8 Å². The van der Waals surface area contributed by atoms with Crippen LogP contribution < -0.4 is 15.8 Å². The predicted octanol–water partition coefficient (Wildman–Crippen LogP) is 3.37. The summed E-state index contributed by atoms with van der Waals surface area (Å²) in [6, 6.07) is 14.7. The third-order valence-electron chi connectivity index (χ3n) is 5.42. The van der Waals surface area contributed by atoms with Crippen molar-refractivity contribution in [1.29, 1.82) is 0 Å². The van der Waals surface area contributed by atoms with Crippen molar-refractivity contribution in [2.75, 3.05) is 24.5 Å². The SMILES string of the molecule is CCN(CC)c1nc2cc(C(=O)NCC3CC3)ccc2c(=O)n1-c1ccccc1. The highest BCUT2D eigenvalue weighted by atomic mass is 16.1. The smallest absolute Gasteiger partial charge is 0.267 e. The number of hydrogen-bond acceptors (Lipinski definition) is 4. The van der Waals surface area contributed by atoms with Crippen LogP contribution in [-0.4, -0.2) is 35.1 Å². The summed E-state index contributed by atoms with van der Waals surface area (Å²) in [7, 11) is 0. The van der Waals surface area contributed by atoms with Crippen LogP contribution >= 0.6 is 0 Å². The molecule has 1 saturated carbocycles. The van der Waals surface area contributed by atoms with Crippen LogP contribution in [0, 0.1) is 5.92 Å². The number of anilines is 1. The van der Waals surface area contributed by atoms with Crippen molar-refractivity contribution in [1.82, 2.24) is 14.9 Å². The molecule has 0 unspecified atom stereocenters. The lowest BCUT2D eigenvalue weighted by molar-refractivity contribution is 0.0952. The van der Waals surface area contributed by atoms with E-state index in [4.69, 9.17) is 4.98 Å². The second-order valence-corrected chi connectivity index (χ2v) is 7.45. The van der Waals surface area contributed by atoms with Crippen molar-refractivity contribution in [3.8, 4) is 5.69 Å². The average Bonchev–Trinajstić information content (AvgIpc) is 3.58. The van der Waals surface area contributed by atoms with E-state index in [1.807, 2.05) is 49.1 Å². The summed E-state index contributed by atoms with van der Waals surface area (Å²) in [5.74, 6) is 1.09. The van der Waals surface area contributed by atoms with Crippen LogP contribution in [0.1, 0.15) is 37.0 Å². The Balaban J connectivity index is 1.83. The zero-order chi connectivity index (χ0) is 20.4. The van der Waals surface area contributed by atoms with Crippen molar-refractivity contribution >= 4 is 22.8 Å². The molecule has 0 spiro atoms. The summed E-state index contributed by atoms with van der Waals surface area (Å²) in [6.45, 7) is 6.24. The number of hydrogen-bond donors (Lipinski definition) is 1. The molecule has 0 saturated heterocycles. The van der Waals surface area contributed by atoms with Crippen LogP contribution in [-0.2, 0) is 0 Å². The van der Waals surface area contributed by atoms with Crippen molar-refractivity contribution < 1.29 is 4.79 Å². The van der Waals surface area contributed by atoms with Crippen molar-refractivity contribution in [3.05, 3.63) is 64.4 Å². The number of amides is 1. The minimum atomic E-state index is -0.131. The number of fused-ring (bicyclic) bond motifs is 1. The molecule has 150 valence electrons. The topological polar surface area (TPSA) is 67.2 Å². The lowest BCUT2D eigenvalue weighted by atomic mass is 10.1. The largest absolute Gasteiger partial charge is 0.352 e. The van der Waals surface area contributed by atoms with Gasteiger partial charge < -0.3 is 10.2 Å². The number of carbonyl (C=O) groups is 1. The number of benzene rings is 2. The molecule has 4 rings (SSSR count). The summed E-state index contributed by atoms with van der Waals surface area (Å²) in [5, 5.41) is 3.48. The lowest BCUT2D eigenvalue weighted by Gasteiger charge is -2.24. The first-order valence-electron chi connectivity index (χ1n) is 10.3. The molecule has 0 bridgehead atoms. The maximum atomic E-state index is 13.4. The molecule has 1 aliphatic carbocycles. The van der Waals surface area contributed by atoms with Gasteiger partial charge in [-0.2, -0.15) is 0 Å². The summed E-state index contributed by atoms with van der Waals surface area (Å²) in [6.07, 6.45) is 2.37. The van der Waals surface area contributed by atoms with Gasteiger partial charge in [0.15, 0.2) is 0 Å². The molecule has 1 amide bonds. The Morgan fingerprint density at radius 3 is 2.52 bits per heavy atom. The second kappa shape index (κ2) is 8.07. The molecule has 3 aromatic rings. The number of nitrogens with zero attached hydrogens (tertiary/aromatic N) is 3. The normalized spacial score (nSPS) is 13.4. The van der Waals surface area contributed by atoms with Gasteiger partial charge in [-0.3, -0.25) is 9.59 Å². The third kappa shape index (κ3) is 3.88. The van der Waals surface area contributed by atoms with Crippen LogP contribution in [0.15, 0.2) is 53.3 Å². The van der Waals surface area contributed by atoms with Crippen LogP contribution in [0.3, 0.4) is 0 Å². The molecule has 6 heteroatoms. The zero-order valence-corrected chi connectivity index (χ0v) is 16.9. The van der Waals surface area contributed by atoms with Crippen LogP contribution in [0.5, 0.6) is 0 Å². The molecular formula is C23H26N4O2. The van der Waals surface area contributed by atoms with Gasteiger partial charge in [0.05, 0.1) is 16.6 Å². The van der Waals surface area contributed by atoms with E-state index < -0.39 is 0 Å². The van der Waals surface area contributed by atoms with Gasteiger partial charge in [-0.05, 0) is 62.9 Å². The molecule has 29 heavy (non-hydrogen) atoms. The van der Waals surface area contributed by atoms with Gasteiger partial charge in [0.25, 0.3) is 11.5 Å². The number of para-hydroxylation sites is 1. The first-order chi connectivity index (χ1) is 14.1. The van der Waals surface area contributed by atoms with E-state index in [1.54, 1.807) is 22.8 Å². The maximum Gasteiger partial charge on any atom is 0.267 e. The fraction of sp³-hybridized carbons (Fsp3) is 0.348. The number of nitrogens with one attached hydrogen (secondary N) is 1. The molecule has 0 aliphatic heterocycles. The molecule has 1 fully saturated rings. The molecular weight excluding hydrogens is 364 g/mol. The van der Waals surface area contributed by atoms with Gasteiger partial charge in [-0.25, -0.2) is 9.55 Å². The highest BCUT2D eigenvalue weighted by Gasteiger charge is 2.22. The van der Waals surface area contributed by atoms with E-state index >= 15 is 0 Å². The Hall–Kier alpha value is -3.15. The monoisotopic (exact) mass is 390 g/mol. The van der Waals surface area contributed by atoms with Crippen molar-refractivity contribution in [2.45, 2.75) is 26.7 Å². The van der Waals surface area contributed by atoms with Crippen LogP contribution in [0.2, 0.25) is 0 Å². The van der Waals surface area contributed by atoms with Gasteiger partial charge in [-0.15, -0.1) is 0 Å². The molecule has 6 nitrogen and oxygen atoms in total. The summed E-state index contributed by atoms with van der Waals surface area (Å²) >= 11 is 0. The molecule has 1 aromatic heterocycles. The Morgan fingerprint density at radius 2 is 1.86 bits per heavy atom. The second-order valence-electron chi connectivity index (χ2n) is 7.45. The van der Waals surface area contributed by atoms with Gasteiger partial charge in [-0.1, -0.05) is 18.2 Å². The van der Waals surface area contributed by atoms with E-state index in [0.717, 1.165) is 18.8 Å². The fourth-order valence-electron chi connectivity index (χ4n) is 3.50. The Bertz CT molecular complexity index is 1080. The first kappa shape index (κ1) is 19.2. The molecule has 2 aromatic carbocycles. The quantitative estimate of drug-likeness (QED) is 0.672. The average molecular weight is 390 g/mol. The minimum absolute atomic E-state index is 0.114. The number of carbonyl (C=O) groups excluding carboxylic acids is 1. The third-order valence-corrected chi connectivity index (χ3v) is 5.42. The van der Waals surface area contributed by atoms with E-state index in [0.29, 0.717) is 34.9 Å². The molecule has 0 radical (unpaired) electrons. The lowest BCUT2D eigenvalue weighted by Crippen LogP contribution is -2.32. The highest BCUT2D eigenvalue weighted by Crippen LogP contribution is 2.27. The van der Waals surface area contributed by atoms with Crippen molar-refractivity contribution in [3.63, 3.8) is 0 Å². The molecule has 1 N–H and O–H groups in total. The van der Waals surface area contributed by atoms with Gasteiger partial charge in [0.2, 0.25) is 5.95 Å². The zero-order valence-electron chi connectivity index (χ0n) is 16.9. The number of rotatable bonds is 7. The van der Waals surface area contributed by atoms with E-state index in [9.17, 15) is 9.59 Å². The van der Waals surface area contributed by atoms with Crippen LogP contribution in [0.4, 0.5) is 5.95 Å². The van der Waals surface area contributed by atoms with E-state index in [2.05, 4.69) is 5.32 Å². The Kier molecular flexibility index (Phi) is 5.34. The predicted molar refractivity (Wildman–Crippen MR) is 116 cm³/mol. The van der Waals surface area contributed by atoms with E-state index in [-0.39, 0.29) is 11.5 Å². The molecule has 1 aliphatic rings. The van der Waals surface area contributed by atoms with Gasteiger partial charge in [0.1, 0.15) is 0 Å². The summed E-state index contributed by atoms with van der Waals surface area (Å²) in [5.41, 5.74) is 1.73. The molecule has 1 heterocycles. The van der Waals surface area contributed by atoms with Crippen molar-refractivity contribution in [2.24, 2.45) is 5.92 Å². The van der Waals surface area contributed by atoms with Gasteiger partial charge >= 0.3 is 0 Å². The first-order valence-corrected chi connectivity index (χ1v) is 10.3. The standard InChI is InChI=1S/C23H26N4O2/c1-3-26(4-2)23-25-20-14-17(21(28)24-15-16-10-11-16)12-13-19(20)22(29)27(23)18-8-6-5-7-9-18/h5-9,12-14,16H,3-4,10-11,15H2,1-2H3,(H,24,28).